The maximum Gasteiger partial charge on any atom is 0.326 e. The minimum atomic E-state index is -1.13. The third-order valence-corrected chi connectivity index (χ3v) is 4.41. The van der Waals surface area contributed by atoms with Gasteiger partial charge < -0.3 is 32.5 Å². The number of rotatable bonds is 15. The Balaban J connectivity index is 4.84. The van der Waals surface area contributed by atoms with Crippen molar-refractivity contribution >= 4 is 23.7 Å². The molecule has 0 aliphatic rings. The highest BCUT2D eigenvalue weighted by Gasteiger charge is 2.25. The van der Waals surface area contributed by atoms with Gasteiger partial charge in [0.15, 0.2) is 0 Å². The highest BCUT2D eigenvalue weighted by Crippen LogP contribution is 2.06. The Morgan fingerprint density at radius 3 is 1.97 bits per heavy atom. The number of hydrogen-bond acceptors (Lipinski definition) is 6. The summed E-state index contributed by atoms with van der Waals surface area (Å²) in [6, 6.07) is -2.60. The first-order chi connectivity index (χ1) is 14.0. The second kappa shape index (κ2) is 14.7. The predicted octanol–water partition coefficient (Wildman–Crippen LogP) is -0.295. The molecule has 0 aliphatic carbocycles. The summed E-state index contributed by atoms with van der Waals surface area (Å²) in [5.41, 5.74) is 11.4. The zero-order valence-corrected chi connectivity index (χ0v) is 18.6. The van der Waals surface area contributed by atoms with Crippen LogP contribution in [0.4, 0.5) is 0 Å². The lowest BCUT2D eigenvalue weighted by atomic mass is 10.0. The summed E-state index contributed by atoms with van der Waals surface area (Å²) < 4.78 is 0. The monoisotopic (exact) mass is 429 g/mol. The lowest BCUT2D eigenvalue weighted by molar-refractivity contribution is -0.142. The summed E-state index contributed by atoms with van der Waals surface area (Å²) in [4.78, 5) is 48.1. The molecule has 0 aliphatic heterocycles. The fraction of sp³-hybridized carbons (Fsp3) is 0.800. The average Bonchev–Trinajstić information content (AvgIpc) is 2.63. The molecule has 3 unspecified atom stereocenters. The smallest absolute Gasteiger partial charge is 0.326 e. The van der Waals surface area contributed by atoms with Crippen LogP contribution in [0.3, 0.4) is 0 Å². The minimum Gasteiger partial charge on any atom is -0.480 e. The molecule has 0 saturated heterocycles. The largest absolute Gasteiger partial charge is 0.480 e. The van der Waals surface area contributed by atoms with E-state index in [2.05, 4.69) is 16.0 Å². The molecule has 0 spiro atoms. The Kier molecular flexibility index (Phi) is 13.7. The van der Waals surface area contributed by atoms with Gasteiger partial charge in [-0.15, -0.1) is 0 Å². The first kappa shape index (κ1) is 27.8. The van der Waals surface area contributed by atoms with Gasteiger partial charge in [-0.1, -0.05) is 27.7 Å². The van der Waals surface area contributed by atoms with Gasteiger partial charge in [-0.3, -0.25) is 14.4 Å². The molecule has 3 amide bonds. The summed E-state index contributed by atoms with van der Waals surface area (Å²) in [6.45, 7) is 7.67. The molecular weight excluding hydrogens is 390 g/mol. The maximum absolute atomic E-state index is 12.5. The van der Waals surface area contributed by atoms with Gasteiger partial charge in [-0.05, 0) is 50.5 Å². The lowest BCUT2D eigenvalue weighted by Gasteiger charge is -2.22. The van der Waals surface area contributed by atoms with Crippen molar-refractivity contribution < 1.29 is 24.3 Å². The van der Waals surface area contributed by atoms with Gasteiger partial charge in [0.05, 0.1) is 12.6 Å². The molecule has 0 heterocycles. The lowest BCUT2D eigenvalue weighted by Crippen LogP contribution is -2.53. The maximum atomic E-state index is 12.5. The van der Waals surface area contributed by atoms with Gasteiger partial charge >= 0.3 is 5.97 Å². The Labute approximate surface area is 178 Å². The fourth-order valence-electron chi connectivity index (χ4n) is 2.88. The zero-order valence-electron chi connectivity index (χ0n) is 18.6. The SMILES string of the molecule is CC(C)CC(N)C(=O)NC(CCCCN)C(=O)NCC(=O)NC(CC(C)C)C(=O)O. The summed E-state index contributed by atoms with van der Waals surface area (Å²) >= 11 is 0. The Morgan fingerprint density at radius 1 is 0.867 bits per heavy atom. The van der Waals surface area contributed by atoms with Crippen molar-refractivity contribution in [2.45, 2.75) is 77.9 Å². The Morgan fingerprint density at radius 2 is 1.47 bits per heavy atom. The van der Waals surface area contributed by atoms with E-state index in [1.165, 1.54) is 0 Å². The van der Waals surface area contributed by atoms with E-state index in [-0.39, 0.29) is 24.8 Å². The van der Waals surface area contributed by atoms with Crippen LogP contribution in [0.1, 0.15) is 59.8 Å². The predicted molar refractivity (Wildman–Crippen MR) is 114 cm³/mol. The Hall–Kier alpha value is -2.20. The van der Waals surface area contributed by atoms with Crippen molar-refractivity contribution in [2.75, 3.05) is 13.1 Å². The quantitative estimate of drug-likeness (QED) is 0.194. The number of aliphatic carboxylic acids is 1. The van der Waals surface area contributed by atoms with E-state index in [9.17, 15) is 24.3 Å². The molecule has 0 fully saturated rings. The molecule has 0 rings (SSSR count). The highest BCUT2D eigenvalue weighted by molar-refractivity contribution is 5.92. The van der Waals surface area contributed by atoms with Crippen molar-refractivity contribution in [3.63, 3.8) is 0 Å². The molecule has 0 radical (unpaired) electrons. The molecule has 0 aromatic carbocycles. The summed E-state index contributed by atoms with van der Waals surface area (Å²) in [5, 5.41) is 16.7. The standard InChI is InChI=1S/C20H39N5O5/c1-12(2)9-14(22)18(27)25-15(7-5-6-8-21)19(28)23-11-17(26)24-16(20(29)30)10-13(3)4/h12-16H,5-11,21-22H2,1-4H3,(H,23,28)(H,24,26)(H,25,27)(H,29,30). The molecule has 30 heavy (non-hydrogen) atoms. The topological polar surface area (TPSA) is 177 Å². The van der Waals surface area contributed by atoms with Crippen LogP contribution in [-0.2, 0) is 19.2 Å². The Bertz CT molecular complexity index is 568. The number of nitrogens with one attached hydrogen (secondary N) is 3. The van der Waals surface area contributed by atoms with E-state index >= 15 is 0 Å². The van der Waals surface area contributed by atoms with Gasteiger partial charge in [0, 0.05) is 0 Å². The third kappa shape index (κ3) is 12.4. The number of hydrogen-bond donors (Lipinski definition) is 6. The van der Waals surface area contributed by atoms with Crippen molar-refractivity contribution in [3.8, 4) is 0 Å². The first-order valence-electron chi connectivity index (χ1n) is 10.5. The molecule has 3 atom stereocenters. The fourth-order valence-corrected chi connectivity index (χ4v) is 2.88. The van der Waals surface area contributed by atoms with Crippen LogP contribution in [-0.4, -0.2) is 60.0 Å². The van der Waals surface area contributed by atoms with Gasteiger partial charge in [0.1, 0.15) is 12.1 Å². The number of amides is 3. The van der Waals surface area contributed by atoms with Crippen LogP contribution in [0.25, 0.3) is 0 Å². The number of unbranched alkanes of at least 4 members (excludes halogenated alkanes) is 1. The van der Waals surface area contributed by atoms with E-state index in [4.69, 9.17) is 11.5 Å². The number of carboxylic acids is 1. The summed E-state index contributed by atoms with van der Waals surface area (Å²) in [5.74, 6) is -2.38. The molecule has 0 aromatic rings. The van der Waals surface area contributed by atoms with Gasteiger partial charge in [-0.2, -0.15) is 0 Å². The minimum absolute atomic E-state index is 0.0816. The van der Waals surface area contributed by atoms with Crippen LogP contribution < -0.4 is 27.4 Å². The van der Waals surface area contributed by atoms with E-state index in [0.717, 1.165) is 0 Å². The zero-order chi connectivity index (χ0) is 23.3. The van der Waals surface area contributed by atoms with E-state index < -0.39 is 41.8 Å². The molecule has 10 nitrogen and oxygen atoms in total. The van der Waals surface area contributed by atoms with Crippen molar-refractivity contribution in [1.82, 2.24) is 16.0 Å². The molecular formula is C20H39N5O5. The van der Waals surface area contributed by atoms with E-state index in [1.807, 2.05) is 27.7 Å². The number of carbonyl (C=O) groups excluding carboxylic acids is 3. The van der Waals surface area contributed by atoms with Crippen molar-refractivity contribution in [2.24, 2.45) is 23.3 Å². The van der Waals surface area contributed by atoms with Crippen LogP contribution in [0.15, 0.2) is 0 Å². The highest BCUT2D eigenvalue weighted by atomic mass is 16.4. The van der Waals surface area contributed by atoms with Crippen molar-refractivity contribution in [3.05, 3.63) is 0 Å². The van der Waals surface area contributed by atoms with Crippen LogP contribution in [0.5, 0.6) is 0 Å². The van der Waals surface area contributed by atoms with Crippen LogP contribution in [0, 0.1) is 11.8 Å². The first-order valence-corrected chi connectivity index (χ1v) is 10.5. The van der Waals surface area contributed by atoms with Crippen LogP contribution in [0.2, 0.25) is 0 Å². The third-order valence-electron chi connectivity index (χ3n) is 4.41. The van der Waals surface area contributed by atoms with Gasteiger partial charge in [-0.25, -0.2) is 4.79 Å². The average molecular weight is 430 g/mol. The summed E-state index contributed by atoms with van der Waals surface area (Å²) in [6.07, 6.45) is 2.43. The van der Waals surface area contributed by atoms with Gasteiger partial charge in [0.2, 0.25) is 17.7 Å². The molecule has 0 aromatic heterocycles. The van der Waals surface area contributed by atoms with E-state index in [0.29, 0.717) is 32.2 Å². The van der Waals surface area contributed by atoms with Gasteiger partial charge in [0.25, 0.3) is 0 Å². The number of carboxylic acid groups (broad SMARTS) is 1. The molecule has 0 bridgehead atoms. The van der Waals surface area contributed by atoms with Crippen molar-refractivity contribution in [1.29, 1.82) is 0 Å². The molecule has 10 heteroatoms. The summed E-state index contributed by atoms with van der Waals surface area (Å²) in [7, 11) is 0. The van der Waals surface area contributed by atoms with Crippen LogP contribution >= 0.6 is 0 Å². The normalized spacial score (nSPS) is 14.1. The molecule has 8 N–H and O–H groups in total. The number of nitrogens with two attached hydrogens (primary N) is 2. The molecule has 0 saturated carbocycles. The number of carbonyl (C=O) groups is 4. The van der Waals surface area contributed by atoms with E-state index in [1.54, 1.807) is 0 Å². The second-order valence-electron chi connectivity index (χ2n) is 8.39. The molecule has 174 valence electrons. The second-order valence-corrected chi connectivity index (χ2v) is 8.39.